The predicted octanol–water partition coefficient (Wildman–Crippen LogP) is 6.24. The van der Waals surface area contributed by atoms with E-state index < -0.39 is 28.7 Å². The molecule has 3 heterocycles. The maximum absolute atomic E-state index is 15.3. The number of alkyl halides is 1. The number of hydrogen-bond acceptors (Lipinski definition) is 5. The van der Waals surface area contributed by atoms with E-state index in [1.54, 1.807) is 38.6 Å². The second kappa shape index (κ2) is 14.1. The van der Waals surface area contributed by atoms with Gasteiger partial charge >= 0.3 is 0 Å². The number of halogens is 1. The summed E-state index contributed by atoms with van der Waals surface area (Å²) >= 11 is 5.51. The van der Waals surface area contributed by atoms with Crippen molar-refractivity contribution in [3.8, 4) is 0 Å². The highest BCUT2D eigenvalue weighted by Gasteiger charge is 2.76. The fourth-order valence-corrected chi connectivity index (χ4v) is 11.6. The average molecular weight is 729 g/mol. The number of fused-ring (bicyclic) bond motifs is 1. The monoisotopic (exact) mass is 727 g/mol. The lowest BCUT2D eigenvalue weighted by molar-refractivity contribution is -0.145. The molecule has 7 nitrogen and oxygen atoms in total. The number of anilines is 1. The van der Waals surface area contributed by atoms with Crippen LogP contribution in [0.1, 0.15) is 34.7 Å². The Balaban J connectivity index is 1.48. The number of aliphatic hydroxyl groups is 1. The lowest BCUT2D eigenvalue weighted by atomic mass is 9.70. The molecule has 48 heavy (non-hydrogen) atoms. The molecular weight excluding hydrogens is 686 g/mol. The van der Waals surface area contributed by atoms with E-state index in [9.17, 15) is 9.90 Å². The topological polar surface area (TPSA) is 81.2 Å². The Morgan fingerprint density at radius 3 is 2.33 bits per heavy atom. The molecule has 0 saturated carbocycles. The van der Waals surface area contributed by atoms with Gasteiger partial charge in [-0.2, -0.15) is 0 Å². The van der Waals surface area contributed by atoms with Crippen LogP contribution in [-0.4, -0.2) is 73.2 Å². The molecule has 250 valence electrons. The summed E-state index contributed by atoms with van der Waals surface area (Å²) in [6, 6.07) is 23.5. The highest BCUT2D eigenvalue weighted by molar-refractivity contribution is 9.09. The molecule has 0 radical (unpaired) electrons. The van der Waals surface area contributed by atoms with Crippen LogP contribution in [0.25, 0.3) is 0 Å². The zero-order valence-corrected chi connectivity index (χ0v) is 29.8. The summed E-state index contributed by atoms with van der Waals surface area (Å²) in [6.07, 6.45) is 3.95. The van der Waals surface area contributed by atoms with Crippen LogP contribution in [0.2, 0.25) is 0 Å². The van der Waals surface area contributed by atoms with Gasteiger partial charge in [-0.1, -0.05) is 101 Å². The Kier molecular flexibility index (Phi) is 10.0. The summed E-state index contributed by atoms with van der Waals surface area (Å²) in [5.74, 6) is -2.02. The van der Waals surface area contributed by atoms with Gasteiger partial charge in [0.15, 0.2) is 0 Å². The third-order valence-electron chi connectivity index (χ3n) is 10.0. The van der Waals surface area contributed by atoms with Crippen molar-refractivity contribution < 1.29 is 19.5 Å². The Morgan fingerprint density at radius 1 is 1.02 bits per heavy atom. The van der Waals surface area contributed by atoms with Gasteiger partial charge < -0.3 is 19.8 Å². The fourth-order valence-electron chi connectivity index (χ4n) is 7.99. The highest BCUT2D eigenvalue weighted by Crippen LogP contribution is 2.69. The van der Waals surface area contributed by atoms with Gasteiger partial charge in [0.2, 0.25) is 11.8 Å². The smallest absolute Gasteiger partial charge is 0.251 e. The number of amides is 3. The van der Waals surface area contributed by atoms with Crippen molar-refractivity contribution in [1.82, 2.24) is 9.80 Å². The number of benzene rings is 3. The van der Waals surface area contributed by atoms with E-state index >= 15 is 9.59 Å². The third-order valence-corrected chi connectivity index (χ3v) is 13.3. The van der Waals surface area contributed by atoms with E-state index in [-0.39, 0.29) is 41.0 Å². The SMILES string of the molecule is C=CCN(Cc1ccccc1)C(=O)[C@H]1[C@@H]2SC3(CC2Br)C(C(=O)N(CC=C)c2cc(C)ccc2C)N([C@H](CO)c2ccccc2)C(=O)[C@H]13. The maximum atomic E-state index is 15.3. The van der Waals surface area contributed by atoms with E-state index in [2.05, 4.69) is 29.1 Å². The first kappa shape index (κ1) is 34.2. The fraction of sp³-hybridized carbons (Fsp3) is 0.359. The maximum Gasteiger partial charge on any atom is 0.251 e. The molecule has 1 N–H and O–H groups in total. The second-order valence-electron chi connectivity index (χ2n) is 13.0. The summed E-state index contributed by atoms with van der Waals surface area (Å²) < 4.78 is -0.890. The first-order valence-corrected chi connectivity index (χ1v) is 18.2. The van der Waals surface area contributed by atoms with Crippen LogP contribution in [-0.2, 0) is 20.9 Å². The molecule has 3 aromatic rings. The van der Waals surface area contributed by atoms with Gasteiger partial charge in [-0.05, 0) is 48.6 Å². The molecular formula is C39H42BrN3O4S. The van der Waals surface area contributed by atoms with E-state index in [1.165, 1.54) is 0 Å². The summed E-state index contributed by atoms with van der Waals surface area (Å²) in [5, 5.41) is 10.7. The minimum atomic E-state index is -0.929. The summed E-state index contributed by atoms with van der Waals surface area (Å²) in [7, 11) is 0. The number of hydrogen-bond donors (Lipinski definition) is 1. The molecule has 3 saturated heterocycles. The second-order valence-corrected chi connectivity index (χ2v) is 15.8. The minimum Gasteiger partial charge on any atom is -0.394 e. The van der Waals surface area contributed by atoms with Crippen molar-refractivity contribution in [3.63, 3.8) is 0 Å². The molecule has 9 heteroatoms. The van der Waals surface area contributed by atoms with Crippen LogP contribution >= 0.6 is 27.7 Å². The number of aryl methyl sites for hydroxylation is 2. The first-order valence-electron chi connectivity index (χ1n) is 16.4. The Labute approximate surface area is 295 Å². The molecule has 3 aromatic carbocycles. The lowest BCUT2D eigenvalue weighted by Gasteiger charge is -2.40. The molecule has 0 aromatic heterocycles. The molecule has 3 aliphatic heterocycles. The molecule has 2 bridgehead atoms. The van der Waals surface area contributed by atoms with Gasteiger partial charge in [0.1, 0.15) is 6.04 Å². The molecule has 3 fully saturated rings. The van der Waals surface area contributed by atoms with E-state index in [4.69, 9.17) is 0 Å². The Bertz CT molecular complexity index is 1700. The van der Waals surface area contributed by atoms with Crippen molar-refractivity contribution in [3.05, 3.63) is 126 Å². The Morgan fingerprint density at radius 2 is 1.69 bits per heavy atom. The van der Waals surface area contributed by atoms with Gasteiger partial charge in [0.05, 0.1) is 29.2 Å². The van der Waals surface area contributed by atoms with Gasteiger partial charge in [-0.15, -0.1) is 24.9 Å². The van der Waals surface area contributed by atoms with Crippen LogP contribution < -0.4 is 4.90 Å². The minimum absolute atomic E-state index is 0.0871. The average Bonchev–Trinajstić information content (AvgIpc) is 3.69. The standard InChI is InChI=1S/C39H42BrN3O4S/c1-5-19-41(23-27-13-9-7-10-14-27)36(45)32-33-37(46)43(31(24-44)28-15-11-8-12-16-28)35(39(33)22-29(40)34(32)48-39)38(47)42(20-6-2)30-21-25(3)17-18-26(30)4/h5-18,21,29,31-35,44H,1-2,19-20,22-24H2,3-4H3/t29?,31-,32-,33+,34-,35?,39?/m1/s1. The molecule has 3 amide bonds. The number of aliphatic hydroxyl groups excluding tert-OH is 1. The number of nitrogens with zero attached hydrogens (tertiary/aromatic N) is 3. The van der Waals surface area contributed by atoms with Crippen LogP contribution in [0.5, 0.6) is 0 Å². The lowest BCUT2D eigenvalue weighted by Crippen LogP contribution is -2.56. The van der Waals surface area contributed by atoms with Crippen molar-refractivity contribution in [2.75, 3.05) is 24.6 Å². The molecule has 1 spiro atoms. The number of carbonyl (C=O) groups excluding carboxylic acids is 3. The summed E-state index contributed by atoms with van der Waals surface area (Å²) in [4.78, 5) is 50.1. The van der Waals surface area contributed by atoms with Crippen molar-refractivity contribution in [1.29, 1.82) is 0 Å². The zero-order chi connectivity index (χ0) is 34.2. The van der Waals surface area contributed by atoms with Crippen LogP contribution in [0.3, 0.4) is 0 Å². The van der Waals surface area contributed by atoms with Gasteiger partial charge in [0, 0.05) is 35.4 Å². The quantitative estimate of drug-likeness (QED) is 0.177. The number of carbonyl (C=O) groups is 3. The molecule has 0 aliphatic carbocycles. The summed E-state index contributed by atoms with van der Waals surface area (Å²) in [5.41, 5.74) is 4.42. The number of thioether (sulfide) groups is 1. The predicted molar refractivity (Wildman–Crippen MR) is 196 cm³/mol. The molecule has 7 atom stereocenters. The van der Waals surface area contributed by atoms with Gasteiger partial charge in [-0.3, -0.25) is 14.4 Å². The van der Waals surface area contributed by atoms with E-state index in [0.717, 1.165) is 27.9 Å². The molecule has 6 rings (SSSR count). The van der Waals surface area contributed by atoms with Crippen LogP contribution in [0.4, 0.5) is 5.69 Å². The number of likely N-dealkylation sites (tertiary alicyclic amines) is 1. The van der Waals surface area contributed by atoms with E-state index in [1.807, 2.05) is 92.7 Å². The van der Waals surface area contributed by atoms with Crippen LogP contribution in [0, 0.1) is 25.7 Å². The van der Waals surface area contributed by atoms with Gasteiger partial charge in [-0.25, -0.2) is 0 Å². The highest BCUT2D eigenvalue weighted by atomic mass is 79.9. The Hall–Kier alpha value is -3.66. The zero-order valence-electron chi connectivity index (χ0n) is 27.4. The van der Waals surface area contributed by atoms with Crippen molar-refractivity contribution >= 4 is 51.1 Å². The number of rotatable bonds is 12. The third kappa shape index (κ3) is 5.84. The van der Waals surface area contributed by atoms with Crippen molar-refractivity contribution in [2.45, 2.75) is 53.7 Å². The molecule has 3 unspecified atom stereocenters. The normalized spacial score (nSPS) is 26.2. The summed E-state index contributed by atoms with van der Waals surface area (Å²) in [6.45, 7) is 12.4. The van der Waals surface area contributed by atoms with E-state index in [0.29, 0.717) is 19.5 Å². The first-order chi connectivity index (χ1) is 23.2. The van der Waals surface area contributed by atoms with Crippen molar-refractivity contribution in [2.24, 2.45) is 11.8 Å². The molecule has 3 aliphatic rings. The van der Waals surface area contributed by atoms with Gasteiger partial charge in [0.25, 0.3) is 5.91 Å². The van der Waals surface area contributed by atoms with Crippen LogP contribution in [0.15, 0.2) is 104 Å². The largest absolute Gasteiger partial charge is 0.394 e.